The molecule has 3 aromatic rings. The molecule has 0 bridgehead atoms. The number of esters is 1. The molecular formula is C24H26N4O5S. The molecule has 0 saturated carbocycles. The fourth-order valence-corrected chi connectivity index (χ4v) is 3.79. The van der Waals surface area contributed by atoms with Gasteiger partial charge < -0.3 is 20.1 Å². The number of aromatic nitrogens is 1. The maximum Gasteiger partial charge on any atom is 0.338 e. The first kappa shape index (κ1) is 24.7. The van der Waals surface area contributed by atoms with E-state index in [1.807, 2.05) is 6.92 Å². The van der Waals surface area contributed by atoms with Crippen molar-refractivity contribution in [2.24, 2.45) is 0 Å². The Kier molecular flexibility index (Phi) is 8.58. The minimum absolute atomic E-state index is 0.278. The molecule has 9 nitrogen and oxygen atoms in total. The molecule has 10 heteroatoms. The molecule has 0 fully saturated rings. The van der Waals surface area contributed by atoms with Crippen LogP contribution in [0.4, 0.5) is 21.3 Å². The van der Waals surface area contributed by atoms with Gasteiger partial charge in [0.05, 0.1) is 30.7 Å². The van der Waals surface area contributed by atoms with Crippen molar-refractivity contribution in [1.82, 2.24) is 4.98 Å². The number of rotatable bonds is 9. The summed E-state index contributed by atoms with van der Waals surface area (Å²) in [5.41, 5.74) is 1.92. The molecule has 0 aliphatic carbocycles. The lowest BCUT2D eigenvalue weighted by Gasteiger charge is -2.09. The van der Waals surface area contributed by atoms with Gasteiger partial charge in [0.15, 0.2) is 5.13 Å². The fourth-order valence-electron chi connectivity index (χ4n) is 2.93. The van der Waals surface area contributed by atoms with Crippen LogP contribution in [0.1, 0.15) is 45.5 Å². The third kappa shape index (κ3) is 6.55. The van der Waals surface area contributed by atoms with Crippen molar-refractivity contribution >= 4 is 45.8 Å². The van der Waals surface area contributed by atoms with E-state index in [1.165, 1.54) is 7.11 Å². The Bertz CT molecular complexity index is 1160. The molecule has 0 saturated heterocycles. The van der Waals surface area contributed by atoms with Crippen LogP contribution in [0.2, 0.25) is 0 Å². The number of hydrogen-bond donors (Lipinski definition) is 3. The number of thiazole rings is 1. The Morgan fingerprint density at radius 2 is 1.74 bits per heavy atom. The van der Waals surface area contributed by atoms with E-state index >= 15 is 0 Å². The number of carbonyl (C=O) groups excluding carboxylic acids is 3. The van der Waals surface area contributed by atoms with Crippen LogP contribution in [-0.4, -0.2) is 36.6 Å². The van der Waals surface area contributed by atoms with Gasteiger partial charge in [0.2, 0.25) is 0 Å². The highest BCUT2D eigenvalue weighted by molar-refractivity contribution is 7.17. The number of benzene rings is 2. The summed E-state index contributed by atoms with van der Waals surface area (Å²) >= 11 is 1.05. The van der Waals surface area contributed by atoms with E-state index in [0.717, 1.165) is 24.2 Å². The SMILES string of the molecule is CCCCOC(=O)c1ccc(NC(=O)c2sc(NC(=O)Nc3ccccc3OC)nc2C)cc1. The lowest BCUT2D eigenvalue weighted by molar-refractivity contribution is 0.0499. The van der Waals surface area contributed by atoms with Crippen LogP contribution in [-0.2, 0) is 4.74 Å². The Hall–Kier alpha value is -3.92. The number of amides is 3. The average molecular weight is 483 g/mol. The van der Waals surface area contributed by atoms with Crippen molar-refractivity contribution < 1.29 is 23.9 Å². The molecule has 3 amide bonds. The number of nitrogens with one attached hydrogen (secondary N) is 3. The molecule has 0 spiro atoms. The molecule has 0 aliphatic rings. The van der Waals surface area contributed by atoms with Gasteiger partial charge >= 0.3 is 12.0 Å². The van der Waals surface area contributed by atoms with Crippen LogP contribution in [0, 0.1) is 6.92 Å². The van der Waals surface area contributed by atoms with Crippen molar-refractivity contribution in [3.05, 3.63) is 64.7 Å². The summed E-state index contributed by atoms with van der Waals surface area (Å²) in [6, 6.07) is 13.0. The third-order valence-electron chi connectivity index (χ3n) is 4.69. The summed E-state index contributed by atoms with van der Waals surface area (Å²) in [6.07, 6.45) is 1.76. The molecule has 34 heavy (non-hydrogen) atoms. The highest BCUT2D eigenvalue weighted by Crippen LogP contribution is 2.26. The van der Waals surface area contributed by atoms with Gasteiger partial charge in [0.1, 0.15) is 10.6 Å². The predicted molar refractivity (Wildman–Crippen MR) is 132 cm³/mol. The zero-order valence-corrected chi connectivity index (χ0v) is 20.0. The van der Waals surface area contributed by atoms with Crippen molar-refractivity contribution in [2.45, 2.75) is 26.7 Å². The second kappa shape index (κ2) is 11.8. The van der Waals surface area contributed by atoms with Crippen LogP contribution >= 0.6 is 11.3 Å². The molecule has 0 aliphatic heterocycles. The first-order chi connectivity index (χ1) is 16.4. The van der Waals surface area contributed by atoms with E-state index in [-0.39, 0.29) is 11.0 Å². The third-order valence-corrected chi connectivity index (χ3v) is 5.76. The number of para-hydroxylation sites is 2. The quantitative estimate of drug-likeness (QED) is 0.281. The summed E-state index contributed by atoms with van der Waals surface area (Å²) in [6.45, 7) is 4.09. The maximum atomic E-state index is 12.7. The van der Waals surface area contributed by atoms with Gasteiger partial charge in [0.25, 0.3) is 5.91 Å². The first-order valence-corrected chi connectivity index (χ1v) is 11.5. The molecule has 3 rings (SSSR count). The van der Waals surface area contributed by atoms with Crippen molar-refractivity contribution in [3.8, 4) is 5.75 Å². The van der Waals surface area contributed by atoms with Gasteiger partial charge in [-0.15, -0.1) is 0 Å². The number of ether oxygens (including phenoxy) is 2. The minimum atomic E-state index is -0.508. The number of unbranched alkanes of at least 4 members (excludes halogenated alkanes) is 1. The second-order valence-electron chi connectivity index (χ2n) is 7.23. The number of methoxy groups -OCH3 is 1. The summed E-state index contributed by atoms with van der Waals surface area (Å²) in [5, 5.41) is 8.38. The van der Waals surface area contributed by atoms with Gasteiger partial charge in [-0.3, -0.25) is 10.1 Å². The summed E-state index contributed by atoms with van der Waals surface area (Å²) < 4.78 is 10.4. The second-order valence-corrected chi connectivity index (χ2v) is 8.23. The standard InChI is InChI=1S/C24H26N4O5S/c1-4-5-14-33-22(30)16-10-12-17(13-11-16)26-21(29)20-15(2)25-24(34-20)28-23(31)27-18-8-6-7-9-19(18)32-3/h6-13H,4-5,14H2,1-3H3,(H,26,29)(H2,25,27,28,31). The molecule has 3 N–H and O–H groups in total. The number of urea groups is 1. The molecule has 1 heterocycles. The molecule has 2 aromatic carbocycles. The van der Waals surface area contributed by atoms with E-state index < -0.39 is 12.0 Å². The molecule has 0 radical (unpaired) electrons. The van der Waals surface area contributed by atoms with Gasteiger partial charge in [-0.1, -0.05) is 36.8 Å². The van der Waals surface area contributed by atoms with Crippen molar-refractivity contribution in [1.29, 1.82) is 0 Å². The zero-order valence-electron chi connectivity index (χ0n) is 19.1. The van der Waals surface area contributed by atoms with Crippen LogP contribution in [0.5, 0.6) is 5.75 Å². The van der Waals surface area contributed by atoms with E-state index in [9.17, 15) is 14.4 Å². The summed E-state index contributed by atoms with van der Waals surface area (Å²) in [5.74, 6) is -0.244. The topological polar surface area (TPSA) is 119 Å². The largest absolute Gasteiger partial charge is 0.495 e. The molecule has 1 aromatic heterocycles. The zero-order chi connectivity index (χ0) is 24.5. The maximum absolute atomic E-state index is 12.7. The normalized spacial score (nSPS) is 10.3. The van der Waals surface area contributed by atoms with Crippen molar-refractivity contribution in [2.75, 3.05) is 29.7 Å². The van der Waals surface area contributed by atoms with E-state index in [1.54, 1.807) is 55.5 Å². The van der Waals surface area contributed by atoms with Crippen LogP contribution in [0.15, 0.2) is 48.5 Å². The molecule has 0 unspecified atom stereocenters. The van der Waals surface area contributed by atoms with Gasteiger partial charge in [-0.05, 0) is 49.7 Å². The Labute approximate surface area is 201 Å². The highest BCUT2D eigenvalue weighted by Gasteiger charge is 2.18. The lowest BCUT2D eigenvalue weighted by atomic mass is 10.2. The highest BCUT2D eigenvalue weighted by atomic mass is 32.1. The molecule has 178 valence electrons. The number of hydrogen-bond acceptors (Lipinski definition) is 7. The lowest BCUT2D eigenvalue weighted by Crippen LogP contribution is -2.19. The Morgan fingerprint density at radius 3 is 2.44 bits per heavy atom. The van der Waals surface area contributed by atoms with Crippen LogP contribution in [0.25, 0.3) is 0 Å². The summed E-state index contributed by atoms with van der Waals surface area (Å²) in [7, 11) is 1.51. The molecular weight excluding hydrogens is 456 g/mol. The van der Waals surface area contributed by atoms with E-state index in [0.29, 0.717) is 39.9 Å². The van der Waals surface area contributed by atoms with E-state index in [4.69, 9.17) is 9.47 Å². The first-order valence-electron chi connectivity index (χ1n) is 10.7. The number of nitrogens with zero attached hydrogens (tertiary/aromatic N) is 1. The predicted octanol–water partition coefficient (Wildman–Crippen LogP) is 5.31. The molecule has 0 atom stereocenters. The minimum Gasteiger partial charge on any atom is -0.495 e. The average Bonchev–Trinajstić information content (AvgIpc) is 3.19. The number of carbonyl (C=O) groups is 3. The van der Waals surface area contributed by atoms with Gasteiger partial charge in [-0.25, -0.2) is 14.6 Å². The van der Waals surface area contributed by atoms with Crippen LogP contribution in [0.3, 0.4) is 0 Å². The Morgan fingerprint density at radius 1 is 1.00 bits per heavy atom. The number of anilines is 3. The number of aryl methyl sites for hydroxylation is 1. The monoisotopic (exact) mass is 482 g/mol. The van der Waals surface area contributed by atoms with Gasteiger partial charge in [0, 0.05) is 5.69 Å². The van der Waals surface area contributed by atoms with Gasteiger partial charge in [-0.2, -0.15) is 0 Å². The van der Waals surface area contributed by atoms with Crippen LogP contribution < -0.4 is 20.7 Å². The van der Waals surface area contributed by atoms with E-state index in [2.05, 4.69) is 20.9 Å². The smallest absolute Gasteiger partial charge is 0.338 e. The van der Waals surface area contributed by atoms with Crippen molar-refractivity contribution in [3.63, 3.8) is 0 Å². The summed E-state index contributed by atoms with van der Waals surface area (Å²) in [4.78, 5) is 41.7. The Balaban J connectivity index is 1.59. The fraction of sp³-hybridized carbons (Fsp3) is 0.250.